The molecule has 0 amide bonds. The molecule has 2 aromatic rings. The largest absolute Gasteiger partial charge is 0.342 e. The summed E-state index contributed by atoms with van der Waals surface area (Å²) in [5.41, 5.74) is 3.02. The maximum Gasteiger partial charge on any atom is 0.123 e. The third-order valence-electron chi connectivity index (χ3n) is 3.65. The van der Waals surface area contributed by atoms with Crippen molar-refractivity contribution in [2.45, 2.75) is 19.9 Å². The van der Waals surface area contributed by atoms with E-state index in [9.17, 15) is 4.39 Å². The summed E-state index contributed by atoms with van der Waals surface area (Å²) >= 11 is 6.39. The zero-order valence-electron chi connectivity index (χ0n) is 12.5. The molecule has 2 aromatic carbocycles. The Labute approximate surface area is 130 Å². The topological polar surface area (TPSA) is 15.3 Å². The van der Waals surface area contributed by atoms with Crippen molar-refractivity contribution >= 4 is 23.0 Å². The Morgan fingerprint density at radius 1 is 1.14 bits per heavy atom. The monoisotopic (exact) mass is 306 g/mol. The van der Waals surface area contributed by atoms with E-state index in [1.165, 1.54) is 12.1 Å². The summed E-state index contributed by atoms with van der Waals surface area (Å²) in [5.74, 6) is -0.231. The van der Waals surface area contributed by atoms with Crippen molar-refractivity contribution in [1.29, 1.82) is 0 Å². The van der Waals surface area contributed by atoms with E-state index in [0.717, 1.165) is 28.5 Å². The Kier molecular flexibility index (Phi) is 5.21. The molecule has 1 atom stereocenters. The molecule has 0 saturated heterocycles. The van der Waals surface area contributed by atoms with Gasteiger partial charge in [-0.05, 0) is 62.9 Å². The van der Waals surface area contributed by atoms with Gasteiger partial charge in [0.2, 0.25) is 0 Å². The molecule has 21 heavy (non-hydrogen) atoms. The lowest BCUT2D eigenvalue weighted by atomic mass is 10.1. The second-order valence-electron chi connectivity index (χ2n) is 4.94. The van der Waals surface area contributed by atoms with Gasteiger partial charge in [-0.2, -0.15) is 0 Å². The van der Waals surface area contributed by atoms with Crippen LogP contribution in [0.4, 0.5) is 15.8 Å². The maximum absolute atomic E-state index is 13.1. The molecule has 0 heterocycles. The second kappa shape index (κ2) is 6.92. The van der Waals surface area contributed by atoms with Gasteiger partial charge >= 0.3 is 0 Å². The minimum Gasteiger partial charge on any atom is -0.342 e. The fourth-order valence-electron chi connectivity index (χ4n) is 2.33. The van der Waals surface area contributed by atoms with Gasteiger partial charge in [0, 0.05) is 29.0 Å². The first-order valence-corrected chi connectivity index (χ1v) is 7.44. The van der Waals surface area contributed by atoms with Crippen LogP contribution in [0.25, 0.3) is 0 Å². The molecule has 1 unspecified atom stereocenters. The Hall–Kier alpha value is -1.58. The molecule has 112 valence electrons. The maximum atomic E-state index is 13.1. The number of hydrogen-bond donors (Lipinski definition) is 1. The number of benzene rings is 2. The van der Waals surface area contributed by atoms with Gasteiger partial charge < -0.3 is 10.2 Å². The Morgan fingerprint density at radius 3 is 2.29 bits per heavy atom. The molecule has 2 rings (SSSR count). The van der Waals surface area contributed by atoms with Crippen LogP contribution in [0, 0.1) is 5.82 Å². The van der Waals surface area contributed by atoms with Gasteiger partial charge in [-0.3, -0.25) is 0 Å². The molecule has 0 radical (unpaired) electrons. The summed E-state index contributed by atoms with van der Waals surface area (Å²) in [6.45, 7) is 4.91. The third-order valence-corrected chi connectivity index (χ3v) is 3.98. The number of halogens is 2. The van der Waals surface area contributed by atoms with Crippen molar-refractivity contribution < 1.29 is 4.39 Å². The SMILES string of the molecule is CCN(c1ccc(F)cc1)c1ccc(C(C)NC)c(Cl)c1. The van der Waals surface area contributed by atoms with Crippen LogP contribution >= 0.6 is 11.6 Å². The molecule has 0 aliphatic heterocycles. The quantitative estimate of drug-likeness (QED) is 0.843. The number of nitrogens with one attached hydrogen (secondary N) is 1. The molecule has 0 bridgehead atoms. The van der Waals surface area contributed by atoms with E-state index in [4.69, 9.17) is 11.6 Å². The van der Waals surface area contributed by atoms with Crippen molar-refractivity contribution in [2.24, 2.45) is 0 Å². The van der Waals surface area contributed by atoms with Crippen molar-refractivity contribution in [3.63, 3.8) is 0 Å². The van der Waals surface area contributed by atoms with Crippen LogP contribution in [0.5, 0.6) is 0 Å². The Bertz CT molecular complexity index is 598. The predicted octanol–water partition coefficient (Wildman–Crippen LogP) is 4.92. The summed E-state index contributed by atoms with van der Waals surface area (Å²) in [6.07, 6.45) is 0. The van der Waals surface area contributed by atoms with E-state index in [1.54, 1.807) is 12.1 Å². The van der Waals surface area contributed by atoms with Gasteiger partial charge in [-0.1, -0.05) is 17.7 Å². The molecule has 0 aromatic heterocycles. The van der Waals surface area contributed by atoms with Gasteiger partial charge in [0.1, 0.15) is 5.82 Å². The molecule has 0 fully saturated rings. The van der Waals surface area contributed by atoms with E-state index < -0.39 is 0 Å². The molecular weight excluding hydrogens is 287 g/mol. The summed E-state index contributed by atoms with van der Waals surface area (Å²) < 4.78 is 13.1. The summed E-state index contributed by atoms with van der Waals surface area (Å²) in [6, 6.07) is 12.7. The first kappa shape index (κ1) is 15.8. The van der Waals surface area contributed by atoms with Crippen LogP contribution in [0.3, 0.4) is 0 Å². The summed E-state index contributed by atoms with van der Waals surface area (Å²) in [7, 11) is 1.91. The van der Waals surface area contributed by atoms with Gasteiger partial charge in [-0.25, -0.2) is 4.39 Å². The van der Waals surface area contributed by atoms with Crippen molar-refractivity contribution in [3.05, 3.63) is 58.9 Å². The van der Waals surface area contributed by atoms with E-state index in [1.807, 2.05) is 25.2 Å². The fourth-order valence-corrected chi connectivity index (χ4v) is 2.66. The standard InChI is InChI=1S/C17H20ClFN2/c1-4-21(14-7-5-13(19)6-8-14)15-9-10-16(12(2)20-3)17(18)11-15/h5-12,20H,4H2,1-3H3. The predicted molar refractivity (Wildman–Crippen MR) is 88.0 cm³/mol. The molecule has 2 nitrogen and oxygen atoms in total. The van der Waals surface area contributed by atoms with Crippen LogP contribution in [0.2, 0.25) is 5.02 Å². The highest BCUT2D eigenvalue weighted by Crippen LogP contribution is 2.31. The van der Waals surface area contributed by atoms with E-state index in [-0.39, 0.29) is 11.9 Å². The van der Waals surface area contributed by atoms with Crippen LogP contribution in [0.15, 0.2) is 42.5 Å². The molecular formula is C17H20ClFN2. The van der Waals surface area contributed by atoms with E-state index >= 15 is 0 Å². The molecule has 0 saturated carbocycles. The molecule has 0 aliphatic carbocycles. The van der Waals surface area contributed by atoms with Crippen molar-refractivity contribution in [3.8, 4) is 0 Å². The van der Waals surface area contributed by atoms with Crippen LogP contribution in [0.1, 0.15) is 25.5 Å². The zero-order chi connectivity index (χ0) is 15.4. The normalized spacial score (nSPS) is 12.2. The first-order valence-electron chi connectivity index (χ1n) is 7.06. The molecule has 4 heteroatoms. The fraction of sp³-hybridized carbons (Fsp3) is 0.294. The minimum atomic E-state index is -0.231. The van der Waals surface area contributed by atoms with Gasteiger partial charge in [-0.15, -0.1) is 0 Å². The average molecular weight is 307 g/mol. The van der Waals surface area contributed by atoms with Gasteiger partial charge in [0.25, 0.3) is 0 Å². The highest BCUT2D eigenvalue weighted by Gasteiger charge is 2.12. The smallest absolute Gasteiger partial charge is 0.123 e. The highest BCUT2D eigenvalue weighted by atomic mass is 35.5. The lowest BCUT2D eigenvalue weighted by Gasteiger charge is -2.24. The first-order chi connectivity index (χ1) is 10.1. The number of rotatable bonds is 5. The summed E-state index contributed by atoms with van der Waals surface area (Å²) in [5, 5.41) is 3.91. The zero-order valence-corrected chi connectivity index (χ0v) is 13.3. The van der Waals surface area contributed by atoms with E-state index in [0.29, 0.717) is 0 Å². The molecule has 0 aliphatic rings. The Morgan fingerprint density at radius 2 is 1.76 bits per heavy atom. The number of anilines is 2. The Balaban J connectivity index is 2.35. The molecule has 1 N–H and O–H groups in total. The van der Waals surface area contributed by atoms with Crippen LogP contribution in [-0.2, 0) is 0 Å². The third kappa shape index (κ3) is 3.55. The highest BCUT2D eigenvalue weighted by molar-refractivity contribution is 6.31. The van der Waals surface area contributed by atoms with Gasteiger partial charge in [0.05, 0.1) is 0 Å². The van der Waals surface area contributed by atoms with Crippen LogP contribution < -0.4 is 10.2 Å². The number of hydrogen-bond acceptors (Lipinski definition) is 2. The van der Waals surface area contributed by atoms with Crippen molar-refractivity contribution in [2.75, 3.05) is 18.5 Å². The lowest BCUT2D eigenvalue weighted by molar-refractivity contribution is 0.628. The average Bonchev–Trinajstić information content (AvgIpc) is 2.49. The molecule has 0 spiro atoms. The summed E-state index contributed by atoms with van der Waals surface area (Å²) in [4.78, 5) is 2.10. The van der Waals surface area contributed by atoms with Gasteiger partial charge in [0.15, 0.2) is 0 Å². The second-order valence-corrected chi connectivity index (χ2v) is 5.34. The minimum absolute atomic E-state index is 0.201. The van der Waals surface area contributed by atoms with Crippen molar-refractivity contribution in [1.82, 2.24) is 5.32 Å². The van der Waals surface area contributed by atoms with Crippen LogP contribution in [-0.4, -0.2) is 13.6 Å². The number of nitrogens with zero attached hydrogens (tertiary/aromatic N) is 1. The van der Waals surface area contributed by atoms with E-state index in [2.05, 4.69) is 24.1 Å². The lowest BCUT2D eigenvalue weighted by Crippen LogP contribution is -2.17.